The van der Waals surface area contributed by atoms with Crippen molar-refractivity contribution in [2.45, 2.75) is 18.3 Å². The molecule has 0 spiro atoms. The minimum Gasteiger partial charge on any atom is -0.283 e. The van der Waals surface area contributed by atoms with Crippen LogP contribution in [0.15, 0.2) is 30.3 Å². The van der Waals surface area contributed by atoms with E-state index < -0.39 is 0 Å². The second-order valence-corrected chi connectivity index (χ2v) is 3.86. The van der Waals surface area contributed by atoms with Crippen molar-refractivity contribution in [2.75, 3.05) is 7.05 Å². The van der Waals surface area contributed by atoms with Gasteiger partial charge in [0.25, 0.3) is 0 Å². The number of carbonyl (C=O) groups is 1. The van der Waals surface area contributed by atoms with E-state index in [2.05, 4.69) is 0 Å². The lowest BCUT2D eigenvalue weighted by atomic mass is 9.95. The maximum absolute atomic E-state index is 11.8. The first-order valence-corrected chi connectivity index (χ1v) is 4.75. The summed E-state index contributed by atoms with van der Waals surface area (Å²) in [7, 11) is 1.60. The number of hydrogen-bond donors (Lipinski definition) is 1. The molecule has 2 N–H and O–H groups in total. The van der Waals surface area contributed by atoms with Gasteiger partial charge in [-0.15, -0.1) is 0 Å². The fraction of sp³-hybridized carbons (Fsp3) is 0.364. The lowest BCUT2D eigenvalue weighted by Gasteiger charge is -2.19. The SMILES string of the molecule is CN(N)C(=O)C1(c2ccccc2)CC1. The number of rotatable bonds is 2. The fourth-order valence-electron chi connectivity index (χ4n) is 1.85. The molecule has 74 valence electrons. The largest absolute Gasteiger partial charge is 0.283 e. The van der Waals surface area contributed by atoms with Crippen LogP contribution in [0.5, 0.6) is 0 Å². The first-order valence-electron chi connectivity index (χ1n) is 4.75. The molecule has 0 atom stereocenters. The van der Waals surface area contributed by atoms with E-state index in [0.717, 1.165) is 18.4 Å². The molecule has 0 aromatic heterocycles. The molecule has 0 unspecified atom stereocenters. The van der Waals surface area contributed by atoms with Gasteiger partial charge in [-0.1, -0.05) is 30.3 Å². The van der Waals surface area contributed by atoms with E-state index in [4.69, 9.17) is 5.84 Å². The first-order chi connectivity index (χ1) is 6.67. The first kappa shape index (κ1) is 9.21. The third-order valence-corrected chi connectivity index (χ3v) is 2.81. The average Bonchev–Trinajstić information content (AvgIpc) is 2.99. The zero-order valence-corrected chi connectivity index (χ0v) is 8.23. The minimum atomic E-state index is -0.315. The summed E-state index contributed by atoms with van der Waals surface area (Å²) >= 11 is 0. The number of benzene rings is 1. The molecule has 14 heavy (non-hydrogen) atoms. The molecule has 0 heterocycles. The monoisotopic (exact) mass is 190 g/mol. The van der Waals surface area contributed by atoms with E-state index in [-0.39, 0.29) is 11.3 Å². The summed E-state index contributed by atoms with van der Waals surface area (Å²) in [6, 6.07) is 9.86. The number of hydrogen-bond acceptors (Lipinski definition) is 2. The number of nitrogens with zero attached hydrogens (tertiary/aromatic N) is 1. The van der Waals surface area contributed by atoms with Crippen LogP contribution in [0.2, 0.25) is 0 Å². The predicted octanol–water partition coefficient (Wildman–Crippen LogP) is 1.05. The lowest BCUT2D eigenvalue weighted by molar-refractivity contribution is -0.132. The van der Waals surface area contributed by atoms with Crippen molar-refractivity contribution in [1.82, 2.24) is 5.01 Å². The lowest BCUT2D eigenvalue weighted by Crippen LogP contribution is -2.41. The molecule has 1 aromatic carbocycles. The van der Waals surface area contributed by atoms with Crippen molar-refractivity contribution in [1.29, 1.82) is 0 Å². The highest BCUT2D eigenvalue weighted by Crippen LogP contribution is 2.48. The van der Waals surface area contributed by atoms with Crippen molar-refractivity contribution in [3.05, 3.63) is 35.9 Å². The third-order valence-electron chi connectivity index (χ3n) is 2.81. The molecule has 1 aliphatic carbocycles. The molecular formula is C11H14N2O. The average molecular weight is 190 g/mol. The summed E-state index contributed by atoms with van der Waals surface area (Å²) in [4.78, 5) is 11.8. The number of hydrazine groups is 1. The Morgan fingerprint density at radius 1 is 1.36 bits per heavy atom. The summed E-state index contributed by atoms with van der Waals surface area (Å²) in [5.41, 5.74) is 0.771. The quantitative estimate of drug-likeness (QED) is 0.430. The number of likely N-dealkylation sites (N-methyl/N-ethyl adjacent to an activating group) is 1. The van der Waals surface area contributed by atoms with Gasteiger partial charge >= 0.3 is 0 Å². The van der Waals surface area contributed by atoms with Gasteiger partial charge in [0.1, 0.15) is 0 Å². The van der Waals surface area contributed by atoms with Gasteiger partial charge in [0.2, 0.25) is 5.91 Å². The van der Waals surface area contributed by atoms with Gasteiger partial charge < -0.3 is 0 Å². The molecule has 0 bridgehead atoms. The maximum Gasteiger partial charge on any atom is 0.246 e. The van der Waals surface area contributed by atoms with Crippen molar-refractivity contribution >= 4 is 5.91 Å². The van der Waals surface area contributed by atoms with Crippen LogP contribution in [0.3, 0.4) is 0 Å². The van der Waals surface area contributed by atoms with E-state index in [1.807, 2.05) is 30.3 Å². The Hall–Kier alpha value is -1.35. The van der Waals surface area contributed by atoms with E-state index in [1.54, 1.807) is 7.05 Å². The van der Waals surface area contributed by atoms with Gasteiger partial charge in [-0.05, 0) is 18.4 Å². The van der Waals surface area contributed by atoms with Crippen LogP contribution in [-0.4, -0.2) is 18.0 Å². The summed E-state index contributed by atoms with van der Waals surface area (Å²) < 4.78 is 0. The Morgan fingerprint density at radius 3 is 2.36 bits per heavy atom. The Morgan fingerprint density at radius 2 is 1.93 bits per heavy atom. The zero-order valence-electron chi connectivity index (χ0n) is 8.23. The van der Waals surface area contributed by atoms with Crippen LogP contribution < -0.4 is 5.84 Å². The predicted molar refractivity (Wildman–Crippen MR) is 54.3 cm³/mol. The van der Waals surface area contributed by atoms with E-state index in [0.29, 0.717) is 0 Å². The Kier molecular flexibility index (Phi) is 2.04. The van der Waals surface area contributed by atoms with Crippen LogP contribution in [0, 0.1) is 0 Å². The van der Waals surface area contributed by atoms with Gasteiger partial charge in [0.15, 0.2) is 0 Å². The van der Waals surface area contributed by atoms with Crippen LogP contribution in [0.1, 0.15) is 18.4 Å². The van der Waals surface area contributed by atoms with Crippen LogP contribution >= 0.6 is 0 Å². The second-order valence-electron chi connectivity index (χ2n) is 3.86. The molecule has 1 saturated carbocycles. The normalized spacial score (nSPS) is 17.6. The van der Waals surface area contributed by atoms with Crippen LogP contribution in [0.25, 0.3) is 0 Å². The summed E-state index contributed by atoms with van der Waals surface area (Å²) in [5.74, 6) is 5.50. The van der Waals surface area contributed by atoms with Gasteiger partial charge in [-0.25, -0.2) is 5.84 Å². The van der Waals surface area contributed by atoms with Gasteiger partial charge in [-0.3, -0.25) is 9.80 Å². The molecule has 0 saturated heterocycles. The summed E-state index contributed by atoms with van der Waals surface area (Å²) in [6.45, 7) is 0. The minimum absolute atomic E-state index is 0.0173. The highest BCUT2D eigenvalue weighted by atomic mass is 16.2. The van der Waals surface area contributed by atoms with Crippen LogP contribution in [-0.2, 0) is 10.2 Å². The fourth-order valence-corrected chi connectivity index (χ4v) is 1.85. The summed E-state index contributed by atoms with van der Waals surface area (Å²) in [5, 5.41) is 1.19. The summed E-state index contributed by atoms with van der Waals surface area (Å²) in [6.07, 6.45) is 1.83. The molecule has 3 nitrogen and oxygen atoms in total. The molecule has 3 heteroatoms. The molecule has 1 aromatic rings. The number of carbonyl (C=O) groups excluding carboxylic acids is 1. The topological polar surface area (TPSA) is 46.3 Å². The Balaban J connectivity index is 2.30. The Labute approximate surface area is 83.5 Å². The molecule has 1 fully saturated rings. The van der Waals surface area contributed by atoms with Gasteiger partial charge in [0.05, 0.1) is 5.41 Å². The van der Waals surface area contributed by atoms with Crippen molar-refractivity contribution in [2.24, 2.45) is 5.84 Å². The highest BCUT2D eigenvalue weighted by Gasteiger charge is 2.52. The molecule has 0 aliphatic heterocycles. The molecule has 2 rings (SSSR count). The van der Waals surface area contributed by atoms with Crippen molar-refractivity contribution in [3.8, 4) is 0 Å². The van der Waals surface area contributed by atoms with E-state index >= 15 is 0 Å². The molecular weight excluding hydrogens is 176 g/mol. The van der Waals surface area contributed by atoms with Gasteiger partial charge in [0, 0.05) is 7.05 Å². The van der Waals surface area contributed by atoms with E-state index in [1.165, 1.54) is 5.01 Å². The smallest absolute Gasteiger partial charge is 0.246 e. The number of amides is 1. The van der Waals surface area contributed by atoms with Crippen molar-refractivity contribution in [3.63, 3.8) is 0 Å². The zero-order chi connectivity index (χ0) is 10.2. The van der Waals surface area contributed by atoms with Crippen molar-refractivity contribution < 1.29 is 4.79 Å². The van der Waals surface area contributed by atoms with Crippen LogP contribution in [0.4, 0.5) is 0 Å². The number of nitrogens with two attached hydrogens (primary N) is 1. The highest BCUT2D eigenvalue weighted by molar-refractivity contribution is 5.90. The molecule has 1 aliphatic rings. The second kappa shape index (κ2) is 3.10. The third kappa shape index (κ3) is 1.30. The maximum atomic E-state index is 11.8. The van der Waals surface area contributed by atoms with E-state index in [9.17, 15) is 4.79 Å². The molecule has 0 radical (unpaired) electrons. The van der Waals surface area contributed by atoms with Gasteiger partial charge in [-0.2, -0.15) is 0 Å². The molecule has 1 amide bonds. The Bertz CT molecular complexity index is 342. The standard InChI is InChI=1S/C11H14N2O/c1-13(12)10(14)11(7-8-11)9-5-3-2-4-6-9/h2-6H,7-8,12H2,1H3.